The van der Waals surface area contributed by atoms with Gasteiger partial charge in [-0.05, 0) is 92.2 Å². The van der Waals surface area contributed by atoms with Crippen LogP contribution < -0.4 is 9.47 Å². The Morgan fingerprint density at radius 2 is 1.27 bits per heavy atom. The molecule has 4 aromatic carbocycles. The molecular weight excluding hydrogens is 558 g/mol. The van der Waals surface area contributed by atoms with Gasteiger partial charge in [-0.25, -0.2) is 4.85 Å². The van der Waals surface area contributed by atoms with E-state index in [9.17, 15) is 4.79 Å². The molecule has 2 aliphatic heterocycles. The van der Waals surface area contributed by atoms with Gasteiger partial charge >= 0.3 is 0 Å². The number of hydrogen-bond acceptors (Lipinski definition) is 5. The third kappa shape index (κ3) is 8.82. The maximum absolute atomic E-state index is 13.2. The molecule has 6 rings (SSSR count). The second-order valence-corrected chi connectivity index (χ2v) is 12.3. The molecule has 0 saturated carbocycles. The van der Waals surface area contributed by atoms with Gasteiger partial charge in [0.25, 0.3) is 0 Å². The minimum atomic E-state index is 0.162. The highest BCUT2D eigenvalue weighted by atomic mass is 16.5. The SMILES string of the molecule is [C-]#[N+]c1ccc(CN2CCC(CC(=O)c3cccc(OC4CCN(Cc5ccc(Oc6ccccc6)cc5)CC4)c3)CC2)cc1. The van der Waals surface area contributed by atoms with Crippen LogP contribution in [0.4, 0.5) is 5.69 Å². The number of benzene rings is 4. The van der Waals surface area contributed by atoms with Crippen molar-refractivity contribution in [1.29, 1.82) is 0 Å². The van der Waals surface area contributed by atoms with E-state index in [-0.39, 0.29) is 11.9 Å². The molecule has 0 atom stereocenters. The van der Waals surface area contributed by atoms with Crippen LogP contribution in [-0.4, -0.2) is 47.9 Å². The molecule has 6 nitrogen and oxygen atoms in total. The van der Waals surface area contributed by atoms with Crippen LogP contribution in [-0.2, 0) is 13.1 Å². The minimum Gasteiger partial charge on any atom is -0.490 e. The smallest absolute Gasteiger partial charge is 0.187 e. The summed E-state index contributed by atoms with van der Waals surface area (Å²) in [5.74, 6) is 3.12. The highest BCUT2D eigenvalue weighted by Crippen LogP contribution is 2.27. The molecule has 0 spiro atoms. The van der Waals surface area contributed by atoms with Crippen molar-refractivity contribution in [2.45, 2.75) is 51.3 Å². The first-order valence-corrected chi connectivity index (χ1v) is 16.1. The van der Waals surface area contributed by atoms with Gasteiger partial charge < -0.3 is 9.47 Å². The summed E-state index contributed by atoms with van der Waals surface area (Å²) in [6.07, 6.45) is 4.76. The molecule has 0 radical (unpaired) electrons. The largest absolute Gasteiger partial charge is 0.490 e. The van der Waals surface area contributed by atoms with Crippen LogP contribution in [0.5, 0.6) is 17.2 Å². The van der Waals surface area contributed by atoms with Crippen LogP contribution in [0.3, 0.4) is 0 Å². The van der Waals surface area contributed by atoms with Gasteiger partial charge in [0.1, 0.15) is 23.4 Å². The molecule has 0 N–H and O–H groups in total. The Balaban J connectivity index is 0.917. The first-order chi connectivity index (χ1) is 22.1. The lowest BCUT2D eigenvalue weighted by molar-refractivity contribution is 0.0915. The molecule has 0 aliphatic carbocycles. The Kier molecular flexibility index (Phi) is 10.2. The number of piperidine rings is 2. The lowest BCUT2D eigenvalue weighted by atomic mass is 9.89. The van der Waals surface area contributed by atoms with Crippen LogP contribution in [0.1, 0.15) is 53.6 Å². The molecule has 2 aliphatic rings. The van der Waals surface area contributed by atoms with Crippen molar-refractivity contribution < 1.29 is 14.3 Å². The van der Waals surface area contributed by atoms with E-state index in [1.54, 1.807) is 0 Å². The van der Waals surface area contributed by atoms with Gasteiger partial charge in [-0.3, -0.25) is 14.6 Å². The van der Waals surface area contributed by atoms with Crippen molar-refractivity contribution in [3.8, 4) is 17.2 Å². The van der Waals surface area contributed by atoms with Crippen molar-refractivity contribution in [3.63, 3.8) is 0 Å². The van der Waals surface area contributed by atoms with Crippen molar-refractivity contribution in [2.75, 3.05) is 26.2 Å². The van der Waals surface area contributed by atoms with Crippen molar-refractivity contribution in [1.82, 2.24) is 9.80 Å². The molecule has 4 aromatic rings. The topological polar surface area (TPSA) is 46.4 Å². The van der Waals surface area contributed by atoms with Crippen molar-refractivity contribution >= 4 is 11.5 Å². The van der Waals surface area contributed by atoms with Gasteiger partial charge in [-0.15, -0.1) is 0 Å². The predicted molar refractivity (Wildman–Crippen MR) is 178 cm³/mol. The molecule has 0 bridgehead atoms. The van der Waals surface area contributed by atoms with Crippen molar-refractivity contribution in [2.24, 2.45) is 5.92 Å². The minimum absolute atomic E-state index is 0.162. The number of ketones is 1. The zero-order valence-corrected chi connectivity index (χ0v) is 25.8. The Bertz CT molecular complexity index is 1560. The molecule has 0 unspecified atom stereocenters. The van der Waals surface area contributed by atoms with Gasteiger partial charge in [0.2, 0.25) is 0 Å². The Labute approximate surface area is 267 Å². The average molecular weight is 600 g/mol. The molecule has 0 amide bonds. The lowest BCUT2D eigenvalue weighted by Crippen LogP contribution is -2.37. The van der Waals surface area contributed by atoms with Gasteiger partial charge in [-0.2, -0.15) is 0 Å². The highest BCUT2D eigenvalue weighted by molar-refractivity contribution is 5.96. The van der Waals surface area contributed by atoms with E-state index in [1.807, 2.05) is 91.0 Å². The Hall–Kier alpha value is -4.44. The molecule has 2 saturated heterocycles. The summed E-state index contributed by atoms with van der Waals surface area (Å²) in [6, 6.07) is 33.9. The number of rotatable bonds is 11. The summed E-state index contributed by atoms with van der Waals surface area (Å²) in [5.41, 5.74) is 3.95. The van der Waals surface area contributed by atoms with Gasteiger partial charge in [0.15, 0.2) is 11.5 Å². The molecule has 230 valence electrons. The summed E-state index contributed by atoms with van der Waals surface area (Å²) in [6.45, 7) is 12.9. The number of carbonyl (C=O) groups is 1. The van der Waals surface area contributed by atoms with E-state index in [4.69, 9.17) is 16.0 Å². The average Bonchev–Trinajstić information content (AvgIpc) is 3.08. The van der Waals surface area contributed by atoms with Crippen LogP contribution in [0.15, 0.2) is 103 Å². The first-order valence-electron chi connectivity index (χ1n) is 16.1. The van der Waals surface area contributed by atoms with E-state index in [2.05, 4.69) is 26.8 Å². The highest BCUT2D eigenvalue weighted by Gasteiger charge is 2.24. The normalized spacial score (nSPS) is 16.6. The number of para-hydroxylation sites is 1. The van der Waals surface area contributed by atoms with E-state index in [0.717, 1.165) is 87.8 Å². The lowest BCUT2D eigenvalue weighted by Gasteiger charge is -2.32. The summed E-state index contributed by atoms with van der Waals surface area (Å²) < 4.78 is 12.3. The summed E-state index contributed by atoms with van der Waals surface area (Å²) in [5, 5.41) is 0. The second-order valence-electron chi connectivity index (χ2n) is 12.3. The van der Waals surface area contributed by atoms with Crippen LogP contribution in [0, 0.1) is 12.5 Å². The second kappa shape index (κ2) is 15.0. The van der Waals surface area contributed by atoms with Crippen LogP contribution in [0.2, 0.25) is 0 Å². The molecular formula is C39H41N3O3. The van der Waals surface area contributed by atoms with E-state index >= 15 is 0 Å². The van der Waals surface area contributed by atoms with Gasteiger partial charge in [0, 0.05) is 38.2 Å². The Morgan fingerprint density at radius 1 is 0.689 bits per heavy atom. The third-order valence-electron chi connectivity index (χ3n) is 8.95. The number of nitrogens with zero attached hydrogens (tertiary/aromatic N) is 3. The zero-order chi connectivity index (χ0) is 30.8. The maximum Gasteiger partial charge on any atom is 0.187 e. The fourth-order valence-electron chi connectivity index (χ4n) is 6.33. The number of Topliss-reactive ketones (excluding diaryl/α,β-unsaturated/α-hetero) is 1. The van der Waals surface area contributed by atoms with Crippen molar-refractivity contribution in [3.05, 3.63) is 131 Å². The summed E-state index contributed by atoms with van der Waals surface area (Å²) in [7, 11) is 0. The fourth-order valence-corrected chi connectivity index (χ4v) is 6.33. The van der Waals surface area contributed by atoms with E-state index in [1.165, 1.54) is 11.1 Å². The number of ether oxygens (including phenoxy) is 2. The fraction of sp³-hybridized carbons (Fsp3) is 0.333. The maximum atomic E-state index is 13.2. The van der Waals surface area contributed by atoms with Gasteiger partial charge in [0.05, 0.1) is 6.57 Å². The van der Waals surface area contributed by atoms with Crippen LogP contribution in [0.25, 0.3) is 4.85 Å². The van der Waals surface area contributed by atoms with E-state index < -0.39 is 0 Å². The van der Waals surface area contributed by atoms with E-state index in [0.29, 0.717) is 18.0 Å². The quantitative estimate of drug-likeness (QED) is 0.128. The van der Waals surface area contributed by atoms with Crippen LogP contribution >= 0.6 is 0 Å². The predicted octanol–water partition coefficient (Wildman–Crippen LogP) is 8.56. The number of likely N-dealkylation sites (tertiary alicyclic amines) is 2. The number of carbonyl (C=O) groups excluding carboxylic acids is 1. The molecule has 2 fully saturated rings. The summed E-state index contributed by atoms with van der Waals surface area (Å²) >= 11 is 0. The standard InChI is InChI=1S/C39H41N3O3/c1-40-34-14-10-31(11-15-34)28-41-22-18-30(19-23-41)26-39(43)33-6-5-9-38(27-33)45-37-20-24-42(25-21-37)29-32-12-16-36(17-13-32)44-35-7-3-2-4-8-35/h2-17,27,30,37H,18-26,28-29H2. The zero-order valence-electron chi connectivity index (χ0n) is 25.8. The number of hydrogen-bond donors (Lipinski definition) is 0. The van der Waals surface area contributed by atoms with Gasteiger partial charge in [-0.1, -0.05) is 66.7 Å². The molecule has 2 heterocycles. The molecule has 45 heavy (non-hydrogen) atoms. The molecule has 6 heteroatoms. The summed E-state index contributed by atoms with van der Waals surface area (Å²) in [4.78, 5) is 21.6. The monoisotopic (exact) mass is 599 g/mol. The third-order valence-corrected chi connectivity index (χ3v) is 8.95. The Morgan fingerprint density at radius 3 is 1.91 bits per heavy atom. The first kappa shape index (κ1) is 30.6. The molecule has 0 aromatic heterocycles.